The normalized spacial score (nSPS) is 14.9. The van der Waals surface area contributed by atoms with Crippen molar-refractivity contribution < 1.29 is 19.1 Å². The molecule has 2 amide bonds. The summed E-state index contributed by atoms with van der Waals surface area (Å²) >= 11 is 1.60. The number of thioether (sulfide) groups is 1. The van der Waals surface area contributed by atoms with E-state index in [4.69, 9.17) is 9.47 Å². The lowest BCUT2D eigenvalue weighted by Gasteiger charge is -2.24. The lowest BCUT2D eigenvalue weighted by molar-refractivity contribution is -0.128. The van der Waals surface area contributed by atoms with E-state index in [9.17, 15) is 9.59 Å². The van der Waals surface area contributed by atoms with Crippen LogP contribution in [0.25, 0.3) is 0 Å². The zero-order valence-corrected chi connectivity index (χ0v) is 22.8. The average molecular weight is 552 g/mol. The number of rotatable bonds is 10. The molecular formula is C32H29N3O4S. The van der Waals surface area contributed by atoms with Gasteiger partial charge in [0, 0.05) is 12.1 Å². The van der Waals surface area contributed by atoms with Crippen molar-refractivity contribution in [3.05, 3.63) is 131 Å². The van der Waals surface area contributed by atoms with Crippen LogP contribution in [0.3, 0.4) is 0 Å². The van der Waals surface area contributed by atoms with Crippen molar-refractivity contribution >= 4 is 29.8 Å². The van der Waals surface area contributed by atoms with Crippen LogP contribution < -0.4 is 14.9 Å². The first-order chi connectivity index (χ1) is 19.6. The summed E-state index contributed by atoms with van der Waals surface area (Å²) in [4.78, 5) is 27.1. The topological polar surface area (TPSA) is 80.2 Å². The Balaban J connectivity index is 1.18. The number of nitrogens with zero attached hydrogens (tertiary/aromatic N) is 2. The SMILES string of the molecule is COc1cc(/C=N\NC(=O)c2ccc([C@H]3SCC(=O)N3Cc3ccccc3)cc2)ccc1OCc1ccccc1. The third kappa shape index (κ3) is 6.71. The van der Waals surface area contributed by atoms with Crippen LogP contribution in [0.2, 0.25) is 0 Å². The van der Waals surface area contributed by atoms with Crippen molar-refractivity contribution in [3.63, 3.8) is 0 Å². The van der Waals surface area contributed by atoms with Gasteiger partial charge >= 0.3 is 0 Å². The van der Waals surface area contributed by atoms with E-state index in [1.165, 1.54) is 0 Å². The van der Waals surface area contributed by atoms with E-state index in [0.717, 1.165) is 22.3 Å². The van der Waals surface area contributed by atoms with E-state index >= 15 is 0 Å². The number of carbonyl (C=O) groups excluding carboxylic acids is 2. The van der Waals surface area contributed by atoms with E-state index in [2.05, 4.69) is 10.5 Å². The molecule has 0 aromatic heterocycles. The van der Waals surface area contributed by atoms with Crippen molar-refractivity contribution in [2.45, 2.75) is 18.5 Å². The number of hydrogen-bond acceptors (Lipinski definition) is 6. The molecular weight excluding hydrogens is 522 g/mol. The average Bonchev–Trinajstić information content (AvgIpc) is 3.36. The standard InChI is InChI=1S/C32H29N3O4S/c1-38-29-18-25(12-17-28(29)39-21-24-10-6-3-7-11-24)19-33-34-31(37)26-13-15-27(16-14-26)32-35(30(36)22-40-32)20-23-8-4-2-5-9-23/h2-19,32H,20-22H2,1H3,(H,34,37)/b33-19-/t32-/m1/s1. The molecule has 4 aromatic carbocycles. The highest BCUT2D eigenvalue weighted by molar-refractivity contribution is 8.00. The summed E-state index contributed by atoms with van der Waals surface area (Å²) < 4.78 is 11.4. The Morgan fingerprint density at radius 3 is 2.35 bits per heavy atom. The molecule has 0 bridgehead atoms. The lowest BCUT2D eigenvalue weighted by atomic mass is 10.1. The van der Waals surface area contributed by atoms with Crippen LogP contribution in [0.15, 0.2) is 108 Å². The summed E-state index contributed by atoms with van der Waals surface area (Å²) in [6, 6.07) is 32.6. The summed E-state index contributed by atoms with van der Waals surface area (Å²) in [5.74, 6) is 1.43. The monoisotopic (exact) mass is 551 g/mol. The van der Waals surface area contributed by atoms with Crippen molar-refractivity contribution in [2.24, 2.45) is 5.10 Å². The Morgan fingerprint density at radius 2 is 1.65 bits per heavy atom. The molecule has 7 nitrogen and oxygen atoms in total. The second-order valence-corrected chi connectivity index (χ2v) is 10.2. The predicted octanol–water partition coefficient (Wildman–Crippen LogP) is 5.81. The molecule has 0 radical (unpaired) electrons. The van der Waals surface area contributed by atoms with Gasteiger partial charge in [-0.3, -0.25) is 9.59 Å². The van der Waals surface area contributed by atoms with Gasteiger partial charge in [-0.25, -0.2) is 5.43 Å². The minimum atomic E-state index is -0.325. The Labute approximate surface area is 237 Å². The number of hydrogen-bond donors (Lipinski definition) is 1. The smallest absolute Gasteiger partial charge is 0.271 e. The minimum Gasteiger partial charge on any atom is -0.493 e. The van der Waals surface area contributed by atoms with Gasteiger partial charge in [0.1, 0.15) is 12.0 Å². The molecule has 202 valence electrons. The Morgan fingerprint density at radius 1 is 0.950 bits per heavy atom. The maximum atomic E-state index is 12.7. The summed E-state index contributed by atoms with van der Waals surface area (Å²) in [5.41, 5.74) is 6.93. The fourth-order valence-corrected chi connectivity index (χ4v) is 5.52. The largest absolute Gasteiger partial charge is 0.493 e. The van der Waals surface area contributed by atoms with Crippen LogP contribution in [-0.2, 0) is 17.9 Å². The van der Waals surface area contributed by atoms with Crippen LogP contribution in [0, 0.1) is 0 Å². The first-order valence-electron chi connectivity index (χ1n) is 12.8. The maximum absolute atomic E-state index is 12.7. The Bertz CT molecular complexity index is 1480. The third-order valence-corrected chi connectivity index (χ3v) is 7.68. The van der Waals surface area contributed by atoms with Gasteiger partial charge in [-0.05, 0) is 52.6 Å². The summed E-state index contributed by atoms with van der Waals surface area (Å²) in [6.07, 6.45) is 1.55. The predicted molar refractivity (Wildman–Crippen MR) is 157 cm³/mol. The molecule has 8 heteroatoms. The highest BCUT2D eigenvalue weighted by Gasteiger charge is 2.32. The van der Waals surface area contributed by atoms with Crippen molar-refractivity contribution in [1.82, 2.24) is 10.3 Å². The van der Waals surface area contributed by atoms with Crippen molar-refractivity contribution in [1.29, 1.82) is 0 Å². The summed E-state index contributed by atoms with van der Waals surface area (Å²) in [7, 11) is 1.58. The molecule has 1 saturated heterocycles. The van der Waals surface area contributed by atoms with Crippen LogP contribution >= 0.6 is 11.8 Å². The number of carbonyl (C=O) groups is 2. The van der Waals surface area contributed by atoms with Crippen LogP contribution in [0.4, 0.5) is 0 Å². The zero-order valence-electron chi connectivity index (χ0n) is 22.0. The van der Waals surface area contributed by atoms with Crippen molar-refractivity contribution in [3.8, 4) is 11.5 Å². The van der Waals surface area contributed by atoms with Crippen LogP contribution in [-0.4, -0.2) is 35.8 Å². The number of nitrogens with one attached hydrogen (secondary N) is 1. The Hall–Kier alpha value is -4.56. The third-order valence-electron chi connectivity index (χ3n) is 6.43. The van der Waals surface area contributed by atoms with Crippen molar-refractivity contribution in [2.75, 3.05) is 12.9 Å². The molecule has 0 spiro atoms. The van der Waals surface area contributed by atoms with Crippen LogP contribution in [0.5, 0.6) is 11.5 Å². The number of ether oxygens (including phenoxy) is 2. The van der Waals surface area contributed by atoms with Gasteiger partial charge in [0.2, 0.25) is 5.91 Å². The molecule has 0 saturated carbocycles. The molecule has 1 fully saturated rings. The summed E-state index contributed by atoms with van der Waals surface area (Å²) in [6.45, 7) is 0.986. The number of methoxy groups -OCH3 is 1. The fraction of sp³-hybridized carbons (Fsp3) is 0.156. The highest BCUT2D eigenvalue weighted by Crippen LogP contribution is 2.39. The molecule has 1 atom stereocenters. The Kier molecular flexibility index (Phi) is 8.78. The first-order valence-corrected chi connectivity index (χ1v) is 13.9. The number of amides is 2. The number of hydrazone groups is 1. The van der Waals surface area contributed by atoms with E-state index in [-0.39, 0.29) is 17.2 Å². The second-order valence-electron chi connectivity index (χ2n) is 9.18. The molecule has 1 aliphatic rings. The highest BCUT2D eigenvalue weighted by atomic mass is 32.2. The van der Waals surface area contributed by atoms with Gasteiger partial charge in [-0.2, -0.15) is 5.10 Å². The van der Waals surface area contributed by atoms with Gasteiger partial charge in [-0.15, -0.1) is 11.8 Å². The van der Waals surface area contributed by atoms with E-state index < -0.39 is 0 Å². The summed E-state index contributed by atoms with van der Waals surface area (Å²) in [5, 5.41) is 4.02. The van der Waals surface area contributed by atoms with Gasteiger partial charge in [0.05, 0.1) is 19.1 Å². The van der Waals surface area contributed by atoms with Gasteiger partial charge in [-0.1, -0.05) is 72.8 Å². The number of benzene rings is 4. The minimum absolute atomic E-state index is 0.0857. The van der Waals surface area contributed by atoms with Gasteiger partial charge in [0.15, 0.2) is 11.5 Å². The van der Waals surface area contributed by atoms with Gasteiger partial charge in [0.25, 0.3) is 5.91 Å². The second kappa shape index (κ2) is 13.0. The molecule has 40 heavy (non-hydrogen) atoms. The molecule has 4 aromatic rings. The fourth-order valence-electron chi connectivity index (χ4n) is 4.33. The molecule has 1 heterocycles. The molecule has 1 N–H and O–H groups in total. The van der Waals surface area contributed by atoms with Gasteiger partial charge < -0.3 is 14.4 Å². The van der Waals surface area contributed by atoms with E-state index in [1.807, 2.05) is 89.8 Å². The molecule has 0 unspecified atom stereocenters. The maximum Gasteiger partial charge on any atom is 0.271 e. The molecule has 0 aliphatic carbocycles. The zero-order chi connectivity index (χ0) is 27.7. The van der Waals surface area contributed by atoms with Crippen LogP contribution in [0.1, 0.15) is 38.0 Å². The lowest BCUT2D eigenvalue weighted by Crippen LogP contribution is -2.27. The van der Waals surface area contributed by atoms with E-state index in [1.54, 1.807) is 43.3 Å². The first kappa shape index (κ1) is 27.0. The quantitative estimate of drug-likeness (QED) is 0.199. The van der Waals surface area contributed by atoms with E-state index in [0.29, 0.717) is 36.0 Å². The molecule has 1 aliphatic heterocycles. The molecule has 5 rings (SSSR count).